The second kappa shape index (κ2) is 6.88. The molecule has 4 nitrogen and oxygen atoms in total. The lowest BCUT2D eigenvalue weighted by molar-refractivity contribution is -0.147. The summed E-state index contributed by atoms with van der Waals surface area (Å²) >= 11 is 0. The van der Waals surface area contributed by atoms with E-state index in [0.29, 0.717) is 13.0 Å². The molecule has 0 bridgehead atoms. The fourth-order valence-corrected chi connectivity index (χ4v) is 2.28. The van der Waals surface area contributed by atoms with Crippen LogP contribution >= 0.6 is 0 Å². The lowest BCUT2D eigenvalue weighted by atomic mass is 10.0. The van der Waals surface area contributed by atoms with Gasteiger partial charge in [-0.3, -0.25) is 4.79 Å². The van der Waals surface area contributed by atoms with E-state index in [0.717, 1.165) is 16.3 Å². The molecule has 21 heavy (non-hydrogen) atoms. The Hall–Kier alpha value is -2.36. The molecule has 0 aromatic heterocycles. The highest BCUT2D eigenvalue weighted by atomic mass is 16.5. The molecule has 0 saturated carbocycles. The molecule has 1 atom stereocenters. The van der Waals surface area contributed by atoms with Gasteiger partial charge in [-0.15, -0.1) is 0 Å². The minimum absolute atomic E-state index is 0.242. The Morgan fingerprint density at radius 1 is 1.14 bits per heavy atom. The zero-order valence-corrected chi connectivity index (χ0v) is 12.3. The Labute approximate surface area is 124 Å². The molecule has 0 aliphatic heterocycles. The average Bonchev–Trinajstić information content (AvgIpc) is 2.46. The highest BCUT2D eigenvalue weighted by Gasteiger charge is 2.21. The van der Waals surface area contributed by atoms with Crippen LogP contribution in [0.5, 0.6) is 0 Å². The molecule has 110 valence electrons. The van der Waals surface area contributed by atoms with Crippen LogP contribution in [0.1, 0.15) is 19.4 Å². The first-order chi connectivity index (χ1) is 10.1. The molecule has 2 rings (SSSR count). The Bertz CT molecular complexity index is 651. The number of hydrogen-bond donors (Lipinski definition) is 1. The van der Waals surface area contributed by atoms with E-state index in [9.17, 15) is 9.59 Å². The van der Waals surface area contributed by atoms with Crippen LogP contribution < -0.4 is 5.32 Å². The standard InChI is InChI=1S/C17H19NO3/c1-3-21-17(20)16(18-12(2)19)11-13-8-9-14-6-4-5-7-15(14)10-13/h4-10,16H,3,11H2,1-2H3,(H,18,19)/t16-/m1/s1. The van der Waals surface area contributed by atoms with Gasteiger partial charge in [0.2, 0.25) is 5.91 Å². The highest BCUT2D eigenvalue weighted by molar-refractivity contribution is 5.85. The van der Waals surface area contributed by atoms with Crippen LogP contribution in [0.25, 0.3) is 10.8 Å². The number of fused-ring (bicyclic) bond motifs is 1. The molecule has 0 aliphatic carbocycles. The molecule has 1 amide bonds. The maximum Gasteiger partial charge on any atom is 0.328 e. The van der Waals surface area contributed by atoms with Gasteiger partial charge in [0.05, 0.1) is 6.61 Å². The summed E-state index contributed by atoms with van der Waals surface area (Å²) in [5, 5.41) is 4.91. The van der Waals surface area contributed by atoms with E-state index in [2.05, 4.69) is 5.32 Å². The van der Waals surface area contributed by atoms with E-state index in [1.165, 1.54) is 6.92 Å². The van der Waals surface area contributed by atoms with Gasteiger partial charge in [0.25, 0.3) is 0 Å². The summed E-state index contributed by atoms with van der Waals surface area (Å²) < 4.78 is 5.01. The predicted octanol–water partition coefficient (Wildman–Crippen LogP) is 2.45. The van der Waals surface area contributed by atoms with Crippen molar-refractivity contribution in [2.45, 2.75) is 26.3 Å². The number of rotatable bonds is 5. The van der Waals surface area contributed by atoms with E-state index in [4.69, 9.17) is 4.74 Å². The van der Waals surface area contributed by atoms with Gasteiger partial charge >= 0.3 is 5.97 Å². The largest absolute Gasteiger partial charge is 0.464 e. The zero-order valence-electron chi connectivity index (χ0n) is 12.3. The molecule has 0 spiro atoms. The minimum atomic E-state index is -0.649. The molecule has 0 aliphatic rings. The van der Waals surface area contributed by atoms with Crippen molar-refractivity contribution in [3.63, 3.8) is 0 Å². The average molecular weight is 285 g/mol. The lowest BCUT2D eigenvalue weighted by Gasteiger charge is -2.16. The molecule has 0 radical (unpaired) electrons. The van der Waals surface area contributed by atoms with E-state index in [-0.39, 0.29) is 5.91 Å². The van der Waals surface area contributed by atoms with Crippen LogP contribution in [-0.2, 0) is 20.7 Å². The lowest BCUT2D eigenvalue weighted by Crippen LogP contribution is -2.42. The predicted molar refractivity (Wildman–Crippen MR) is 81.9 cm³/mol. The van der Waals surface area contributed by atoms with Gasteiger partial charge < -0.3 is 10.1 Å². The van der Waals surface area contributed by atoms with Crippen LogP contribution in [0.4, 0.5) is 0 Å². The summed E-state index contributed by atoms with van der Waals surface area (Å²) in [7, 11) is 0. The molecular weight excluding hydrogens is 266 g/mol. The molecule has 0 fully saturated rings. The van der Waals surface area contributed by atoms with E-state index in [1.807, 2.05) is 42.5 Å². The first-order valence-electron chi connectivity index (χ1n) is 7.01. The van der Waals surface area contributed by atoms with E-state index >= 15 is 0 Å². The molecule has 1 N–H and O–H groups in total. The van der Waals surface area contributed by atoms with Crippen molar-refractivity contribution < 1.29 is 14.3 Å². The number of ether oxygens (including phenoxy) is 1. The van der Waals surface area contributed by atoms with Gasteiger partial charge in [-0.25, -0.2) is 4.79 Å². The summed E-state index contributed by atoms with van der Waals surface area (Å²) in [6, 6.07) is 13.4. The Kier molecular flexibility index (Phi) is 4.93. The first kappa shape index (κ1) is 15.0. The number of amides is 1. The maximum atomic E-state index is 11.9. The second-order valence-corrected chi connectivity index (χ2v) is 4.89. The number of benzene rings is 2. The molecule has 0 unspecified atom stereocenters. The van der Waals surface area contributed by atoms with Crippen molar-refractivity contribution in [2.24, 2.45) is 0 Å². The molecule has 2 aromatic carbocycles. The second-order valence-electron chi connectivity index (χ2n) is 4.89. The third-order valence-corrected chi connectivity index (χ3v) is 3.20. The van der Waals surface area contributed by atoms with Crippen molar-refractivity contribution in [1.82, 2.24) is 5.32 Å². The molecule has 4 heteroatoms. The number of carbonyl (C=O) groups is 2. The summed E-state index contributed by atoms with van der Waals surface area (Å²) in [6.45, 7) is 3.44. The van der Waals surface area contributed by atoms with Crippen molar-refractivity contribution in [1.29, 1.82) is 0 Å². The number of nitrogens with one attached hydrogen (secondary N) is 1. The van der Waals surface area contributed by atoms with Gasteiger partial charge in [0.15, 0.2) is 0 Å². The van der Waals surface area contributed by atoms with Crippen molar-refractivity contribution in [3.05, 3.63) is 48.0 Å². The molecular formula is C17H19NO3. The summed E-state index contributed by atoms with van der Waals surface area (Å²) in [5.41, 5.74) is 0.987. The normalized spacial score (nSPS) is 11.9. The molecule has 2 aromatic rings. The highest BCUT2D eigenvalue weighted by Crippen LogP contribution is 2.17. The first-order valence-corrected chi connectivity index (χ1v) is 7.01. The monoisotopic (exact) mass is 285 g/mol. The smallest absolute Gasteiger partial charge is 0.328 e. The van der Waals surface area contributed by atoms with Crippen LogP contribution in [0.3, 0.4) is 0 Å². The SMILES string of the molecule is CCOC(=O)[C@@H](Cc1ccc2ccccc2c1)NC(C)=O. The van der Waals surface area contributed by atoms with Crippen LogP contribution in [0.2, 0.25) is 0 Å². The van der Waals surface area contributed by atoms with Crippen molar-refractivity contribution in [2.75, 3.05) is 6.61 Å². The van der Waals surface area contributed by atoms with Crippen LogP contribution in [0.15, 0.2) is 42.5 Å². The van der Waals surface area contributed by atoms with Gasteiger partial charge in [-0.2, -0.15) is 0 Å². The zero-order chi connectivity index (χ0) is 15.2. The summed E-state index contributed by atoms with van der Waals surface area (Å²) in [4.78, 5) is 23.2. The van der Waals surface area contributed by atoms with Crippen molar-refractivity contribution in [3.8, 4) is 0 Å². The van der Waals surface area contributed by atoms with Crippen molar-refractivity contribution >= 4 is 22.6 Å². The quantitative estimate of drug-likeness (QED) is 0.859. The summed E-state index contributed by atoms with van der Waals surface area (Å²) in [5.74, 6) is -0.644. The minimum Gasteiger partial charge on any atom is -0.464 e. The number of carbonyl (C=O) groups excluding carboxylic acids is 2. The van der Waals surface area contributed by atoms with Gasteiger partial charge in [0.1, 0.15) is 6.04 Å². The Balaban J connectivity index is 2.20. The molecule has 0 saturated heterocycles. The van der Waals surface area contributed by atoms with E-state index in [1.54, 1.807) is 6.92 Å². The Morgan fingerprint density at radius 3 is 2.52 bits per heavy atom. The van der Waals surface area contributed by atoms with Gasteiger partial charge in [-0.1, -0.05) is 42.5 Å². The fraction of sp³-hybridized carbons (Fsp3) is 0.294. The maximum absolute atomic E-state index is 11.9. The van der Waals surface area contributed by atoms with Crippen LogP contribution in [-0.4, -0.2) is 24.5 Å². The fourth-order valence-electron chi connectivity index (χ4n) is 2.28. The third kappa shape index (κ3) is 4.05. The van der Waals surface area contributed by atoms with Crippen LogP contribution in [0, 0.1) is 0 Å². The number of esters is 1. The Morgan fingerprint density at radius 2 is 1.86 bits per heavy atom. The number of hydrogen-bond acceptors (Lipinski definition) is 3. The third-order valence-electron chi connectivity index (χ3n) is 3.20. The van der Waals surface area contributed by atoms with Gasteiger partial charge in [-0.05, 0) is 23.3 Å². The molecule has 0 heterocycles. The summed E-state index contributed by atoms with van der Waals surface area (Å²) in [6.07, 6.45) is 0.420. The topological polar surface area (TPSA) is 55.4 Å². The van der Waals surface area contributed by atoms with Gasteiger partial charge in [0, 0.05) is 13.3 Å². The van der Waals surface area contributed by atoms with E-state index < -0.39 is 12.0 Å².